The topological polar surface area (TPSA) is 102 Å². The van der Waals surface area contributed by atoms with Crippen LogP contribution in [-0.2, 0) is 21.1 Å². The zero-order chi connectivity index (χ0) is 19.8. The Bertz CT molecular complexity index is 1000. The fourth-order valence-corrected chi connectivity index (χ4v) is 3.79. The van der Waals surface area contributed by atoms with E-state index in [2.05, 4.69) is 15.5 Å². The molecule has 3 aromatic rings. The third kappa shape index (κ3) is 5.50. The first-order chi connectivity index (χ1) is 13.5. The third-order valence-corrected chi connectivity index (χ3v) is 5.81. The summed E-state index contributed by atoms with van der Waals surface area (Å²) >= 11 is 0. The summed E-state index contributed by atoms with van der Waals surface area (Å²) in [4.78, 5) is 12.2. The smallest absolute Gasteiger partial charge is 0.247 e. The molecule has 3 rings (SSSR count). The Kier molecular flexibility index (Phi) is 6.54. The predicted octanol–water partition coefficient (Wildman–Crippen LogP) is 2.65. The van der Waals surface area contributed by atoms with Crippen LogP contribution in [-0.4, -0.2) is 36.8 Å². The van der Waals surface area contributed by atoms with Gasteiger partial charge in [-0.3, -0.25) is 4.79 Å². The molecule has 1 N–H and O–H groups in total. The van der Waals surface area contributed by atoms with Crippen LogP contribution in [0.15, 0.2) is 70.0 Å². The van der Waals surface area contributed by atoms with Gasteiger partial charge in [0.25, 0.3) is 0 Å². The van der Waals surface area contributed by atoms with E-state index in [1.54, 1.807) is 30.3 Å². The summed E-state index contributed by atoms with van der Waals surface area (Å²) in [5.41, 5.74) is 0.846. The van der Waals surface area contributed by atoms with Crippen molar-refractivity contribution in [3.63, 3.8) is 0 Å². The zero-order valence-electron chi connectivity index (χ0n) is 15.2. The predicted molar refractivity (Wildman–Crippen MR) is 104 cm³/mol. The van der Waals surface area contributed by atoms with Crippen LogP contribution >= 0.6 is 0 Å². The van der Waals surface area contributed by atoms with Crippen LogP contribution in [0, 0.1) is 0 Å². The zero-order valence-corrected chi connectivity index (χ0v) is 16.1. The number of hydrogen-bond donors (Lipinski definition) is 1. The van der Waals surface area contributed by atoms with Crippen molar-refractivity contribution in [2.75, 3.05) is 12.3 Å². The Morgan fingerprint density at radius 2 is 1.64 bits per heavy atom. The van der Waals surface area contributed by atoms with Crippen molar-refractivity contribution >= 4 is 15.7 Å². The van der Waals surface area contributed by atoms with Crippen LogP contribution in [0.2, 0.25) is 0 Å². The molecular formula is C20H21N3O4S. The monoisotopic (exact) mass is 399 g/mol. The molecule has 0 spiro atoms. The maximum atomic E-state index is 12.2. The highest BCUT2D eigenvalue weighted by Gasteiger charge is 2.14. The fraction of sp³-hybridized carbons (Fsp3) is 0.250. The fourth-order valence-electron chi connectivity index (χ4n) is 2.61. The van der Waals surface area contributed by atoms with Crippen molar-refractivity contribution in [1.82, 2.24) is 15.5 Å². The van der Waals surface area contributed by atoms with E-state index in [4.69, 9.17) is 4.42 Å². The maximum Gasteiger partial charge on any atom is 0.247 e. The van der Waals surface area contributed by atoms with E-state index in [9.17, 15) is 13.2 Å². The van der Waals surface area contributed by atoms with Crippen molar-refractivity contribution in [2.24, 2.45) is 0 Å². The maximum absolute atomic E-state index is 12.2. The highest BCUT2D eigenvalue weighted by Crippen LogP contribution is 2.17. The lowest BCUT2D eigenvalue weighted by atomic mass is 10.2. The highest BCUT2D eigenvalue weighted by molar-refractivity contribution is 7.91. The largest absolute Gasteiger partial charge is 0.421 e. The van der Waals surface area contributed by atoms with Crippen molar-refractivity contribution < 1.29 is 17.6 Å². The number of aryl methyl sites for hydroxylation is 1. The van der Waals surface area contributed by atoms with Gasteiger partial charge in [-0.1, -0.05) is 36.4 Å². The molecule has 0 radical (unpaired) electrons. The number of aromatic nitrogens is 2. The van der Waals surface area contributed by atoms with Crippen molar-refractivity contribution in [3.8, 4) is 11.5 Å². The molecular weight excluding hydrogens is 378 g/mol. The Labute approximate surface area is 163 Å². The number of amides is 1. The quantitative estimate of drug-likeness (QED) is 0.593. The van der Waals surface area contributed by atoms with Gasteiger partial charge in [-0.05, 0) is 30.7 Å². The minimum atomic E-state index is -3.39. The number of benzene rings is 2. The molecule has 28 heavy (non-hydrogen) atoms. The van der Waals surface area contributed by atoms with Gasteiger partial charge in [0.05, 0.1) is 10.6 Å². The number of hydrogen-bond acceptors (Lipinski definition) is 6. The minimum absolute atomic E-state index is 0.0781. The molecule has 146 valence electrons. The van der Waals surface area contributed by atoms with Gasteiger partial charge in [-0.25, -0.2) is 8.42 Å². The average Bonchev–Trinajstić information content (AvgIpc) is 3.18. The molecule has 1 heterocycles. The molecule has 0 saturated heterocycles. The Balaban J connectivity index is 1.39. The molecule has 0 atom stereocenters. The summed E-state index contributed by atoms with van der Waals surface area (Å²) in [7, 11) is -3.39. The molecule has 8 heteroatoms. The molecule has 1 aromatic heterocycles. The number of nitrogens with zero attached hydrogens (tertiary/aromatic N) is 2. The number of rotatable bonds is 9. The number of carbonyl (C=O) groups excluding carboxylic acids is 1. The van der Waals surface area contributed by atoms with E-state index in [1.807, 2.05) is 30.3 Å². The molecule has 2 aromatic carbocycles. The normalized spacial score (nSPS) is 11.3. The Morgan fingerprint density at radius 1 is 0.964 bits per heavy atom. The van der Waals surface area contributed by atoms with Gasteiger partial charge in [0.1, 0.15) is 0 Å². The average molecular weight is 399 g/mol. The Morgan fingerprint density at radius 3 is 2.36 bits per heavy atom. The van der Waals surface area contributed by atoms with E-state index < -0.39 is 9.84 Å². The van der Waals surface area contributed by atoms with Gasteiger partial charge >= 0.3 is 0 Å². The molecule has 0 saturated carbocycles. The summed E-state index contributed by atoms with van der Waals surface area (Å²) in [6.45, 7) is 0.0781. The summed E-state index contributed by atoms with van der Waals surface area (Å²) in [6.07, 6.45) is 1.28. The van der Waals surface area contributed by atoms with Crippen LogP contribution < -0.4 is 5.32 Å². The molecule has 0 aliphatic carbocycles. The Hall–Kier alpha value is -3.00. The van der Waals surface area contributed by atoms with Gasteiger partial charge in [0.15, 0.2) is 9.84 Å². The van der Waals surface area contributed by atoms with E-state index in [-0.39, 0.29) is 29.5 Å². The van der Waals surface area contributed by atoms with E-state index in [0.717, 1.165) is 5.56 Å². The molecule has 0 aliphatic heterocycles. The summed E-state index contributed by atoms with van der Waals surface area (Å²) < 4.78 is 29.9. The summed E-state index contributed by atoms with van der Waals surface area (Å²) in [6, 6.07) is 17.7. The first-order valence-electron chi connectivity index (χ1n) is 8.97. The van der Waals surface area contributed by atoms with Crippen LogP contribution in [0.1, 0.15) is 18.7 Å². The van der Waals surface area contributed by atoms with Crippen molar-refractivity contribution in [2.45, 2.75) is 24.2 Å². The van der Waals surface area contributed by atoms with E-state index >= 15 is 0 Å². The SMILES string of the molecule is O=C(CCCc1nnc(-c2ccccc2)o1)NCCS(=O)(=O)c1ccccc1. The minimum Gasteiger partial charge on any atom is -0.421 e. The lowest BCUT2D eigenvalue weighted by Gasteiger charge is -2.06. The van der Waals surface area contributed by atoms with E-state index in [1.165, 1.54) is 0 Å². The van der Waals surface area contributed by atoms with Crippen molar-refractivity contribution in [1.29, 1.82) is 0 Å². The molecule has 0 unspecified atom stereocenters. The number of carbonyl (C=O) groups is 1. The standard InChI is InChI=1S/C20H21N3O4S/c24-18(21-14-15-28(25,26)17-10-5-2-6-11-17)12-7-13-19-22-23-20(27-19)16-8-3-1-4-9-16/h1-6,8-11H,7,12-15H2,(H,21,24). The first-order valence-corrected chi connectivity index (χ1v) is 10.6. The van der Waals surface area contributed by atoms with E-state index in [0.29, 0.717) is 24.6 Å². The lowest BCUT2D eigenvalue weighted by Crippen LogP contribution is -2.29. The third-order valence-electron chi connectivity index (χ3n) is 4.08. The van der Waals surface area contributed by atoms with Crippen LogP contribution in [0.5, 0.6) is 0 Å². The molecule has 0 fully saturated rings. The molecule has 0 bridgehead atoms. The lowest BCUT2D eigenvalue weighted by molar-refractivity contribution is -0.121. The van der Waals surface area contributed by atoms with Gasteiger partial charge < -0.3 is 9.73 Å². The molecule has 0 aliphatic rings. The van der Waals surface area contributed by atoms with Crippen molar-refractivity contribution in [3.05, 3.63) is 66.6 Å². The van der Waals surface area contributed by atoms with Crippen LogP contribution in [0.3, 0.4) is 0 Å². The summed E-state index contributed by atoms with van der Waals surface area (Å²) in [5.74, 6) is 0.586. The van der Waals surface area contributed by atoms with Crippen LogP contribution in [0.4, 0.5) is 0 Å². The molecule has 1 amide bonds. The second-order valence-corrected chi connectivity index (χ2v) is 8.31. The molecule has 7 nitrogen and oxygen atoms in total. The summed E-state index contributed by atoms with van der Waals surface area (Å²) in [5, 5.41) is 10.6. The highest BCUT2D eigenvalue weighted by atomic mass is 32.2. The second kappa shape index (κ2) is 9.27. The van der Waals surface area contributed by atoms with Gasteiger partial charge in [-0.15, -0.1) is 10.2 Å². The van der Waals surface area contributed by atoms with Gasteiger partial charge in [0.2, 0.25) is 17.7 Å². The first kappa shape index (κ1) is 19.8. The van der Waals surface area contributed by atoms with Gasteiger partial charge in [-0.2, -0.15) is 0 Å². The second-order valence-electron chi connectivity index (χ2n) is 6.20. The van der Waals surface area contributed by atoms with Gasteiger partial charge in [0, 0.05) is 24.9 Å². The number of sulfone groups is 1. The van der Waals surface area contributed by atoms with Crippen LogP contribution in [0.25, 0.3) is 11.5 Å². The number of nitrogens with one attached hydrogen (secondary N) is 1.